The molecule has 1 aromatic carbocycles. The van der Waals surface area contributed by atoms with Gasteiger partial charge in [0.2, 0.25) is 0 Å². The van der Waals surface area contributed by atoms with E-state index in [4.69, 9.17) is 0 Å². The molecule has 2 heterocycles. The van der Waals surface area contributed by atoms with E-state index in [9.17, 15) is 9.90 Å². The molecule has 0 spiro atoms. The molecule has 0 bridgehead atoms. The number of benzene rings is 1. The van der Waals surface area contributed by atoms with Crippen molar-refractivity contribution >= 4 is 17.0 Å². The molecule has 2 aromatic heterocycles. The molecule has 0 aliphatic rings. The van der Waals surface area contributed by atoms with Gasteiger partial charge in [0.1, 0.15) is 5.52 Å². The summed E-state index contributed by atoms with van der Waals surface area (Å²) in [6.45, 7) is 5.42. The van der Waals surface area contributed by atoms with Crippen LogP contribution >= 0.6 is 0 Å². The van der Waals surface area contributed by atoms with Gasteiger partial charge < -0.3 is 5.11 Å². The molecule has 0 amide bonds. The van der Waals surface area contributed by atoms with Gasteiger partial charge in [0.05, 0.1) is 17.1 Å². The Bertz CT molecular complexity index is 910. The summed E-state index contributed by atoms with van der Waals surface area (Å²) in [5.41, 5.74) is 4.78. The van der Waals surface area contributed by atoms with Gasteiger partial charge in [-0.15, -0.1) is 0 Å². The van der Waals surface area contributed by atoms with Crippen LogP contribution in [0, 0.1) is 6.92 Å². The van der Waals surface area contributed by atoms with Crippen molar-refractivity contribution in [1.29, 1.82) is 0 Å². The average molecular weight is 309 g/mol. The highest BCUT2D eigenvalue weighted by Gasteiger charge is 2.29. The lowest BCUT2D eigenvalue weighted by atomic mass is 9.83. The maximum Gasteiger partial charge on any atom is 0.313 e. The molecule has 5 nitrogen and oxygen atoms in total. The van der Waals surface area contributed by atoms with Gasteiger partial charge in [-0.05, 0) is 43.5 Å². The summed E-state index contributed by atoms with van der Waals surface area (Å²) in [6, 6.07) is 7.84. The van der Waals surface area contributed by atoms with Gasteiger partial charge >= 0.3 is 5.97 Å². The third-order valence-corrected chi connectivity index (χ3v) is 4.39. The van der Waals surface area contributed by atoms with Crippen molar-refractivity contribution in [2.45, 2.75) is 26.2 Å². The number of aryl methyl sites for hydroxylation is 2. The Morgan fingerprint density at radius 1 is 1.22 bits per heavy atom. The quantitative estimate of drug-likeness (QED) is 0.806. The molecule has 118 valence electrons. The van der Waals surface area contributed by atoms with Gasteiger partial charge in [-0.25, -0.2) is 0 Å². The number of aliphatic carboxylic acids is 1. The SMILES string of the molecule is Cc1cc(C(C)(C)C(=O)O)ccc1-c1cnc2cnn(C)c2c1. The lowest BCUT2D eigenvalue weighted by molar-refractivity contribution is -0.142. The Balaban J connectivity index is 2.09. The fourth-order valence-corrected chi connectivity index (χ4v) is 2.67. The van der Waals surface area contributed by atoms with Crippen LogP contribution in [0.25, 0.3) is 22.2 Å². The summed E-state index contributed by atoms with van der Waals surface area (Å²) in [6.07, 6.45) is 3.57. The second-order valence-corrected chi connectivity index (χ2v) is 6.36. The standard InChI is InChI=1S/C18H19N3O2/c1-11-7-13(18(2,3)17(22)23)5-6-14(11)12-8-16-15(19-9-12)10-20-21(16)4/h5-10H,1-4H3,(H,22,23). The van der Waals surface area contributed by atoms with Gasteiger partial charge in [-0.1, -0.05) is 18.2 Å². The van der Waals surface area contributed by atoms with Crippen LogP contribution in [0.3, 0.4) is 0 Å². The second kappa shape index (κ2) is 5.19. The van der Waals surface area contributed by atoms with Gasteiger partial charge in [0.15, 0.2) is 0 Å². The molecule has 0 aliphatic carbocycles. The molecule has 0 atom stereocenters. The minimum atomic E-state index is -0.909. The molecule has 5 heteroatoms. The number of pyridine rings is 1. The van der Waals surface area contributed by atoms with Crippen molar-refractivity contribution in [3.05, 3.63) is 47.8 Å². The highest BCUT2D eigenvalue weighted by atomic mass is 16.4. The number of hydrogen-bond acceptors (Lipinski definition) is 3. The minimum absolute atomic E-state index is 0.792. The summed E-state index contributed by atoms with van der Waals surface area (Å²) >= 11 is 0. The summed E-state index contributed by atoms with van der Waals surface area (Å²) in [5.74, 6) is -0.831. The minimum Gasteiger partial charge on any atom is -0.481 e. The van der Waals surface area contributed by atoms with Crippen molar-refractivity contribution in [3.8, 4) is 11.1 Å². The van der Waals surface area contributed by atoms with Crippen LogP contribution in [0.5, 0.6) is 0 Å². The van der Waals surface area contributed by atoms with Crippen LogP contribution in [0.15, 0.2) is 36.7 Å². The number of nitrogens with zero attached hydrogens (tertiary/aromatic N) is 3. The fourth-order valence-electron chi connectivity index (χ4n) is 2.67. The highest BCUT2D eigenvalue weighted by molar-refractivity contribution is 5.83. The number of carboxylic acid groups (broad SMARTS) is 1. The van der Waals surface area contributed by atoms with Gasteiger partial charge in [-0.2, -0.15) is 5.10 Å². The zero-order chi connectivity index (χ0) is 16.8. The topological polar surface area (TPSA) is 68.0 Å². The third-order valence-electron chi connectivity index (χ3n) is 4.39. The van der Waals surface area contributed by atoms with Crippen molar-refractivity contribution in [2.75, 3.05) is 0 Å². The molecular formula is C18H19N3O2. The zero-order valence-electron chi connectivity index (χ0n) is 13.7. The molecule has 1 N–H and O–H groups in total. The van der Waals surface area contributed by atoms with E-state index in [0.717, 1.165) is 33.3 Å². The molecule has 0 aliphatic heterocycles. The fraction of sp³-hybridized carbons (Fsp3) is 0.278. The molecule has 0 fully saturated rings. The third kappa shape index (κ3) is 2.48. The summed E-state index contributed by atoms with van der Waals surface area (Å²) in [7, 11) is 1.89. The van der Waals surface area contributed by atoms with Gasteiger partial charge in [0.25, 0.3) is 0 Å². The Morgan fingerprint density at radius 2 is 1.96 bits per heavy atom. The predicted octanol–water partition coefficient (Wildman–Crippen LogP) is 3.31. The summed E-state index contributed by atoms with van der Waals surface area (Å²) in [5, 5.41) is 13.6. The van der Waals surface area contributed by atoms with Crippen molar-refractivity contribution < 1.29 is 9.90 Å². The Morgan fingerprint density at radius 3 is 2.61 bits per heavy atom. The zero-order valence-corrected chi connectivity index (χ0v) is 13.7. The van der Waals surface area contributed by atoms with Crippen LogP contribution in [-0.4, -0.2) is 25.8 Å². The van der Waals surface area contributed by atoms with Crippen LogP contribution in [0.2, 0.25) is 0 Å². The molecule has 0 unspecified atom stereocenters. The highest BCUT2D eigenvalue weighted by Crippen LogP contribution is 2.30. The number of carboxylic acids is 1. The van der Waals surface area contributed by atoms with E-state index in [1.807, 2.05) is 38.4 Å². The average Bonchev–Trinajstić information content (AvgIpc) is 2.88. The van der Waals surface area contributed by atoms with Crippen molar-refractivity contribution in [2.24, 2.45) is 7.05 Å². The largest absolute Gasteiger partial charge is 0.481 e. The first-order valence-electron chi connectivity index (χ1n) is 7.43. The van der Waals surface area contributed by atoms with E-state index in [-0.39, 0.29) is 0 Å². The number of rotatable bonds is 3. The Hall–Kier alpha value is -2.69. The number of carbonyl (C=O) groups is 1. The van der Waals surface area contributed by atoms with Crippen LogP contribution in [-0.2, 0) is 17.3 Å². The molecule has 3 aromatic rings. The van der Waals surface area contributed by atoms with Crippen LogP contribution in [0.4, 0.5) is 0 Å². The van der Waals surface area contributed by atoms with E-state index in [0.29, 0.717) is 0 Å². The van der Waals surface area contributed by atoms with E-state index in [1.165, 1.54) is 0 Å². The van der Waals surface area contributed by atoms with Crippen molar-refractivity contribution in [3.63, 3.8) is 0 Å². The Labute approximate surface area is 134 Å². The van der Waals surface area contributed by atoms with E-state index >= 15 is 0 Å². The monoisotopic (exact) mass is 309 g/mol. The maximum absolute atomic E-state index is 11.4. The summed E-state index contributed by atoms with van der Waals surface area (Å²) < 4.78 is 1.79. The molecule has 0 radical (unpaired) electrons. The molecule has 0 saturated carbocycles. The second-order valence-electron chi connectivity index (χ2n) is 6.36. The van der Waals surface area contributed by atoms with Gasteiger partial charge in [0, 0.05) is 18.8 Å². The first-order chi connectivity index (χ1) is 10.8. The van der Waals surface area contributed by atoms with E-state index in [2.05, 4.69) is 16.1 Å². The number of hydrogen-bond donors (Lipinski definition) is 1. The number of fused-ring (bicyclic) bond motifs is 1. The van der Waals surface area contributed by atoms with E-state index in [1.54, 1.807) is 24.7 Å². The first-order valence-corrected chi connectivity index (χ1v) is 7.43. The lowest BCUT2D eigenvalue weighted by Gasteiger charge is -2.21. The summed E-state index contributed by atoms with van der Waals surface area (Å²) in [4.78, 5) is 15.9. The van der Waals surface area contributed by atoms with Crippen molar-refractivity contribution in [1.82, 2.24) is 14.8 Å². The predicted molar refractivity (Wildman–Crippen MR) is 89.3 cm³/mol. The lowest BCUT2D eigenvalue weighted by Crippen LogP contribution is -2.28. The normalized spacial score (nSPS) is 11.8. The molecular weight excluding hydrogens is 290 g/mol. The Kier molecular flexibility index (Phi) is 3.43. The molecule has 0 saturated heterocycles. The molecule has 23 heavy (non-hydrogen) atoms. The molecule has 3 rings (SSSR count). The van der Waals surface area contributed by atoms with Crippen LogP contribution < -0.4 is 0 Å². The van der Waals surface area contributed by atoms with Crippen LogP contribution in [0.1, 0.15) is 25.0 Å². The van der Waals surface area contributed by atoms with E-state index < -0.39 is 11.4 Å². The smallest absolute Gasteiger partial charge is 0.313 e. The van der Waals surface area contributed by atoms with Gasteiger partial charge in [-0.3, -0.25) is 14.5 Å². The first kappa shape index (κ1) is 15.2. The maximum atomic E-state index is 11.4. The number of aromatic nitrogens is 3.